The van der Waals surface area contributed by atoms with E-state index in [-0.39, 0.29) is 5.92 Å². The smallest absolute Gasteiger partial charge is 0.122 e. The van der Waals surface area contributed by atoms with E-state index in [0.29, 0.717) is 6.04 Å². The average molecular weight is 258 g/mol. The summed E-state index contributed by atoms with van der Waals surface area (Å²) in [7, 11) is 1.71. The number of ether oxygens (including phenoxy) is 1. The van der Waals surface area contributed by atoms with Gasteiger partial charge in [-0.2, -0.15) is 5.26 Å². The number of rotatable bonds is 3. The van der Waals surface area contributed by atoms with Gasteiger partial charge in [-0.05, 0) is 62.8 Å². The summed E-state index contributed by atoms with van der Waals surface area (Å²) < 4.78 is 5.34. The van der Waals surface area contributed by atoms with Gasteiger partial charge in [-0.15, -0.1) is 0 Å². The molecule has 0 saturated heterocycles. The minimum absolute atomic E-state index is 0.261. The lowest BCUT2D eigenvalue weighted by Crippen LogP contribution is -2.26. The highest BCUT2D eigenvalue weighted by Crippen LogP contribution is 2.30. The summed E-state index contributed by atoms with van der Waals surface area (Å²) in [5, 5.41) is 12.5. The van der Waals surface area contributed by atoms with Gasteiger partial charge in [-0.1, -0.05) is 0 Å². The summed E-state index contributed by atoms with van der Waals surface area (Å²) in [5.74, 6) is 1.20. The second-order valence-electron chi connectivity index (χ2n) is 5.46. The van der Waals surface area contributed by atoms with E-state index in [2.05, 4.69) is 37.4 Å². The van der Waals surface area contributed by atoms with Crippen LogP contribution in [0, 0.1) is 31.1 Å². The largest absolute Gasteiger partial charge is 0.496 e. The minimum Gasteiger partial charge on any atom is -0.496 e. The van der Waals surface area contributed by atoms with Crippen molar-refractivity contribution in [3.63, 3.8) is 0 Å². The Morgan fingerprint density at radius 3 is 2.42 bits per heavy atom. The number of hydrogen-bond donors (Lipinski definition) is 1. The van der Waals surface area contributed by atoms with Gasteiger partial charge in [-0.3, -0.25) is 0 Å². The van der Waals surface area contributed by atoms with Crippen LogP contribution >= 0.6 is 0 Å². The number of nitrogens with zero attached hydrogens (tertiary/aromatic N) is 1. The molecule has 0 atom stereocenters. The van der Waals surface area contributed by atoms with E-state index in [1.54, 1.807) is 7.11 Å². The molecule has 0 aromatic heterocycles. The molecule has 1 N–H and O–H groups in total. The lowest BCUT2D eigenvalue weighted by Gasteiger charge is -2.27. The normalized spacial score (nSPS) is 22.6. The molecule has 1 aliphatic rings. The molecule has 3 heteroatoms. The number of nitriles is 1. The Labute approximate surface area is 115 Å². The van der Waals surface area contributed by atoms with Crippen molar-refractivity contribution in [2.45, 2.75) is 45.6 Å². The first kappa shape index (κ1) is 13.7. The Balaban J connectivity index is 2.04. The standard InChI is InChI=1S/C16H22N2O/c1-11-9-16(19-3)12(2)8-15(11)18-14-6-4-13(10-17)5-7-14/h8-9,13-14,18H,4-7H2,1-3H3. The number of methoxy groups -OCH3 is 1. The van der Waals surface area contributed by atoms with Gasteiger partial charge in [0.15, 0.2) is 0 Å². The third-order valence-corrected chi connectivity index (χ3v) is 4.01. The molecule has 0 heterocycles. The van der Waals surface area contributed by atoms with Crippen LogP contribution in [0.25, 0.3) is 0 Å². The molecule has 1 aromatic carbocycles. The van der Waals surface area contributed by atoms with E-state index in [9.17, 15) is 0 Å². The van der Waals surface area contributed by atoms with E-state index < -0.39 is 0 Å². The van der Waals surface area contributed by atoms with Crippen LogP contribution in [-0.4, -0.2) is 13.2 Å². The molecule has 1 saturated carbocycles. The van der Waals surface area contributed by atoms with Crippen LogP contribution < -0.4 is 10.1 Å². The van der Waals surface area contributed by atoms with Crippen molar-refractivity contribution in [3.8, 4) is 11.8 Å². The highest BCUT2D eigenvalue weighted by molar-refractivity contribution is 5.57. The highest BCUT2D eigenvalue weighted by Gasteiger charge is 2.21. The Morgan fingerprint density at radius 1 is 1.16 bits per heavy atom. The Hall–Kier alpha value is -1.69. The maximum absolute atomic E-state index is 8.92. The summed E-state index contributed by atoms with van der Waals surface area (Å²) in [6, 6.07) is 7.12. The number of nitrogens with one attached hydrogen (secondary N) is 1. The average Bonchev–Trinajstić information content (AvgIpc) is 2.43. The fourth-order valence-corrected chi connectivity index (χ4v) is 2.75. The summed E-state index contributed by atoms with van der Waals surface area (Å²) in [5.41, 5.74) is 3.56. The molecule has 0 bridgehead atoms. The van der Waals surface area contributed by atoms with Gasteiger partial charge in [0, 0.05) is 17.6 Å². The van der Waals surface area contributed by atoms with Gasteiger partial charge in [0.25, 0.3) is 0 Å². The van der Waals surface area contributed by atoms with Gasteiger partial charge in [0.05, 0.1) is 13.2 Å². The van der Waals surface area contributed by atoms with E-state index in [1.165, 1.54) is 11.3 Å². The third-order valence-electron chi connectivity index (χ3n) is 4.01. The van der Waals surface area contributed by atoms with E-state index in [0.717, 1.165) is 37.0 Å². The number of aryl methyl sites for hydroxylation is 2. The molecule has 3 nitrogen and oxygen atoms in total. The van der Waals surface area contributed by atoms with Crippen molar-refractivity contribution in [3.05, 3.63) is 23.3 Å². The van der Waals surface area contributed by atoms with E-state index in [4.69, 9.17) is 10.00 Å². The van der Waals surface area contributed by atoms with Gasteiger partial charge in [0.2, 0.25) is 0 Å². The van der Waals surface area contributed by atoms with Gasteiger partial charge in [-0.25, -0.2) is 0 Å². The molecule has 0 unspecified atom stereocenters. The van der Waals surface area contributed by atoms with Gasteiger partial charge >= 0.3 is 0 Å². The maximum atomic E-state index is 8.92. The first-order valence-corrected chi connectivity index (χ1v) is 6.95. The Bertz CT molecular complexity index is 482. The van der Waals surface area contributed by atoms with E-state index in [1.807, 2.05) is 0 Å². The third kappa shape index (κ3) is 3.20. The second kappa shape index (κ2) is 5.97. The van der Waals surface area contributed by atoms with Gasteiger partial charge in [0.1, 0.15) is 5.75 Å². The molecule has 0 spiro atoms. The molecule has 19 heavy (non-hydrogen) atoms. The summed E-state index contributed by atoms with van der Waals surface area (Å²) in [4.78, 5) is 0. The van der Waals surface area contributed by atoms with Crippen LogP contribution in [0.3, 0.4) is 0 Å². The molecule has 102 valence electrons. The van der Waals surface area contributed by atoms with Crippen molar-refractivity contribution in [2.75, 3.05) is 12.4 Å². The summed E-state index contributed by atoms with van der Waals surface area (Å²) in [6.45, 7) is 4.17. The second-order valence-corrected chi connectivity index (χ2v) is 5.46. The lowest BCUT2D eigenvalue weighted by atomic mass is 9.87. The zero-order valence-electron chi connectivity index (χ0n) is 12.0. The number of benzene rings is 1. The van der Waals surface area contributed by atoms with Crippen molar-refractivity contribution in [2.24, 2.45) is 5.92 Å². The SMILES string of the molecule is COc1cc(C)c(NC2CCC(C#N)CC2)cc1C. The number of anilines is 1. The first-order chi connectivity index (χ1) is 9.13. The highest BCUT2D eigenvalue weighted by atomic mass is 16.5. The maximum Gasteiger partial charge on any atom is 0.122 e. The molecule has 0 aliphatic heterocycles. The van der Waals surface area contributed by atoms with Crippen molar-refractivity contribution in [1.82, 2.24) is 0 Å². The quantitative estimate of drug-likeness (QED) is 0.896. The fraction of sp³-hybridized carbons (Fsp3) is 0.562. The van der Waals surface area contributed by atoms with E-state index >= 15 is 0 Å². The van der Waals surface area contributed by atoms with Crippen LogP contribution in [0.4, 0.5) is 5.69 Å². The Morgan fingerprint density at radius 2 is 1.84 bits per heavy atom. The van der Waals surface area contributed by atoms with Crippen LogP contribution in [0.2, 0.25) is 0 Å². The molecule has 0 amide bonds. The van der Waals surface area contributed by atoms with Gasteiger partial charge < -0.3 is 10.1 Å². The minimum atomic E-state index is 0.261. The first-order valence-electron chi connectivity index (χ1n) is 6.95. The summed E-state index contributed by atoms with van der Waals surface area (Å²) >= 11 is 0. The zero-order valence-corrected chi connectivity index (χ0v) is 12.0. The number of hydrogen-bond acceptors (Lipinski definition) is 3. The van der Waals surface area contributed by atoms with Crippen LogP contribution in [0.1, 0.15) is 36.8 Å². The molecule has 1 aromatic rings. The lowest BCUT2D eigenvalue weighted by molar-refractivity contribution is 0.397. The van der Waals surface area contributed by atoms with Crippen LogP contribution in [-0.2, 0) is 0 Å². The Kier molecular flexibility index (Phi) is 4.31. The molecule has 0 radical (unpaired) electrons. The van der Waals surface area contributed by atoms with Crippen molar-refractivity contribution < 1.29 is 4.74 Å². The topological polar surface area (TPSA) is 45.0 Å². The fourth-order valence-electron chi connectivity index (χ4n) is 2.75. The van der Waals surface area contributed by atoms with Crippen LogP contribution in [0.15, 0.2) is 12.1 Å². The molecule has 1 aliphatic carbocycles. The molecule has 2 rings (SSSR count). The predicted octanol–water partition coefficient (Wildman–Crippen LogP) is 3.81. The van der Waals surface area contributed by atoms with Crippen molar-refractivity contribution >= 4 is 5.69 Å². The predicted molar refractivity (Wildman–Crippen MR) is 77.4 cm³/mol. The monoisotopic (exact) mass is 258 g/mol. The molecular formula is C16H22N2O. The molecular weight excluding hydrogens is 236 g/mol. The van der Waals surface area contributed by atoms with Crippen molar-refractivity contribution in [1.29, 1.82) is 5.26 Å². The zero-order chi connectivity index (χ0) is 13.8. The van der Waals surface area contributed by atoms with Crippen LogP contribution in [0.5, 0.6) is 5.75 Å². The summed E-state index contributed by atoms with van der Waals surface area (Å²) in [6.07, 6.45) is 4.20. The molecule has 1 fully saturated rings.